The first kappa shape index (κ1) is 11.4. The SMILES string of the molecule is Nc1cnc(NCc2cccc3cccnc23)nc1. The van der Waals surface area contributed by atoms with Gasteiger partial charge in [-0.1, -0.05) is 24.3 Å². The number of hydrogen-bond donors (Lipinski definition) is 2. The molecule has 0 spiro atoms. The summed E-state index contributed by atoms with van der Waals surface area (Å²) in [7, 11) is 0. The first-order chi connectivity index (χ1) is 9.33. The fraction of sp³-hybridized carbons (Fsp3) is 0.0714. The normalized spacial score (nSPS) is 10.5. The second-order valence-corrected chi connectivity index (χ2v) is 4.19. The van der Waals surface area contributed by atoms with Gasteiger partial charge in [-0.15, -0.1) is 0 Å². The molecular formula is C14H13N5. The standard InChI is InChI=1S/C14H13N5/c15-12-8-18-14(19-9-12)17-7-11-4-1-3-10-5-2-6-16-13(10)11/h1-6,8-9H,7,15H2,(H,17,18,19). The zero-order valence-electron chi connectivity index (χ0n) is 10.2. The quantitative estimate of drug-likeness (QED) is 0.746. The number of nitrogen functional groups attached to an aromatic ring is 1. The summed E-state index contributed by atoms with van der Waals surface area (Å²) in [5.74, 6) is 0.558. The number of pyridine rings is 1. The molecule has 0 amide bonds. The second kappa shape index (κ2) is 4.89. The van der Waals surface area contributed by atoms with Gasteiger partial charge in [0.15, 0.2) is 0 Å². The molecule has 3 aromatic rings. The maximum absolute atomic E-state index is 5.55. The lowest BCUT2D eigenvalue weighted by Gasteiger charge is -2.07. The van der Waals surface area contributed by atoms with Gasteiger partial charge < -0.3 is 11.1 Å². The van der Waals surface area contributed by atoms with Crippen molar-refractivity contribution in [3.05, 3.63) is 54.5 Å². The third kappa shape index (κ3) is 2.44. The second-order valence-electron chi connectivity index (χ2n) is 4.19. The van der Waals surface area contributed by atoms with Crippen molar-refractivity contribution in [2.75, 3.05) is 11.1 Å². The van der Waals surface area contributed by atoms with Crippen LogP contribution in [-0.2, 0) is 6.54 Å². The van der Waals surface area contributed by atoms with Crippen molar-refractivity contribution in [3.63, 3.8) is 0 Å². The summed E-state index contributed by atoms with van der Waals surface area (Å²) in [5.41, 5.74) is 8.20. The molecule has 0 atom stereocenters. The minimum atomic E-state index is 0.553. The van der Waals surface area contributed by atoms with Gasteiger partial charge in [-0.05, 0) is 11.6 Å². The van der Waals surface area contributed by atoms with Crippen LogP contribution in [0.2, 0.25) is 0 Å². The van der Waals surface area contributed by atoms with E-state index in [9.17, 15) is 0 Å². The molecule has 0 aliphatic heterocycles. The van der Waals surface area contributed by atoms with Crippen LogP contribution in [0.3, 0.4) is 0 Å². The average molecular weight is 251 g/mol. The highest BCUT2D eigenvalue weighted by atomic mass is 15.1. The largest absolute Gasteiger partial charge is 0.396 e. The van der Waals surface area contributed by atoms with E-state index in [2.05, 4.69) is 20.3 Å². The van der Waals surface area contributed by atoms with Crippen LogP contribution in [0, 0.1) is 0 Å². The number of rotatable bonds is 3. The Bertz CT molecular complexity index is 688. The van der Waals surface area contributed by atoms with Crippen LogP contribution in [0.1, 0.15) is 5.56 Å². The molecule has 5 nitrogen and oxygen atoms in total. The van der Waals surface area contributed by atoms with Crippen LogP contribution < -0.4 is 11.1 Å². The highest BCUT2D eigenvalue weighted by Gasteiger charge is 2.02. The zero-order valence-corrected chi connectivity index (χ0v) is 10.2. The van der Waals surface area contributed by atoms with Crippen LogP contribution in [0.4, 0.5) is 11.6 Å². The maximum Gasteiger partial charge on any atom is 0.222 e. The third-order valence-electron chi connectivity index (χ3n) is 2.83. The number of hydrogen-bond acceptors (Lipinski definition) is 5. The minimum absolute atomic E-state index is 0.553. The first-order valence-corrected chi connectivity index (χ1v) is 5.97. The molecule has 0 bridgehead atoms. The predicted molar refractivity (Wildman–Crippen MR) is 75.5 cm³/mol. The van der Waals surface area contributed by atoms with E-state index in [4.69, 9.17) is 5.73 Å². The molecule has 3 rings (SSSR count). The first-order valence-electron chi connectivity index (χ1n) is 5.97. The fourth-order valence-corrected chi connectivity index (χ4v) is 1.91. The molecule has 0 radical (unpaired) electrons. The van der Waals surface area contributed by atoms with E-state index in [-0.39, 0.29) is 0 Å². The summed E-state index contributed by atoms with van der Waals surface area (Å²) in [6.45, 7) is 0.623. The van der Waals surface area contributed by atoms with Crippen molar-refractivity contribution in [2.45, 2.75) is 6.54 Å². The number of benzene rings is 1. The molecule has 2 heterocycles. The minimum Gasteiger partial charge on any atom is -0.396 e. The van der Waals surface area contributed by atoms with Crippen LogP contribution in [-0.4, -0.2) is 15.0 Å². The monoisotopic (exact) mass is 251 g/mol. The van der Waals surface area contributed by atoms with E-state index >= 15 is 0 Å². The lowest BCUT2D eigenvalue weighted by Crippen LogP contribution is -2.04. The molecule has 0 saturated heterocycles. The number of anilines is 2. The smallest absolute Gasteiger partial charge is 0.222 e. The van der Waals surface area contributed by atoms with Gasteiger partial charge in [0.1, 0.15) is 0 Å². The van der Waals surface area contributed by atoms with Crippen LogP contribution >= 0.6 is 0 Å². The van der Waals surface area contributed by atoms with E-state index in [1.165, 1.54) is 0 Å². The van der Waals surface area contributed by atoms with Gasteiger partial charge in [0.05, 0.1) is 23.6 Å². The Balaban J connectivity index is 1.84. The van der Waals surface area contributed by atoms with Gasteiger partial charge in [0.2, 0.25) is 5.95 Å². The number of nitrogens with two attached hydrogens (primary N) is 1. The molecule has 1 aromatic carbocycles. The number of nitrogens with one attached hydrogen (secondary N) is 1. The third-order valence-corrected chi connectivity index (χ3v) is 2.83. The molecule has 19 heavy (non-hydrogen) atoms. The molecule has 5 heteroatoms. The topological polar surface area (TPSA) is 76.7 Å². The van der Waals surface area contributed by atoms with E-state index < -0.39 is 0 Å². The molecule has 0 unspecified atom stereocenters. The van der Waals surface area contributed by atoms with E-state index in [0.29, 0.717) is 18.2 Å². The van der Waals surface area contributed by atoms with Crippen LogP contribution in [0.25, 0.3) is 10.9 Å². The average Bonchev–Trinajstić information content (AvgIpc) is 2.47. The van der Waals surface area contributed by atoms with Gasteiger partial charge in [-0.3, -0.25) is 4.98 Å². The summed E-state index contributed by atoms with van der Waals surface area (Å²) >= 11 is 0. The zero-order chi connectivity index (χ0) is 13.1. The molecular weight excluding hydrogens is 238 g/mol. The van der Waals surface area contributed by atoms with Gasteiger partial charge in [0, 0.05) is 18.1 Å². The summed E-state index contributed by atoms with van der Waals surface area (Å²) in [4.78, 5) is 12.6. The van der Waals surface area contributed by atoms with Gasteiger partial charge >= 0.3 is 0 Å². The Kier molecular flexibility index (Phi) is 2.94. The predicted octanol–water partition coefficient (Wildman–Crippen LogP) is 2.22. The summed E-state index contributed by atoms with van der Waals surface area (Å²) < 4.78 is 0. The molecule has 0 fully saturated rings. The Morgan fingerprint density at radius 3 is 2.63 bits per heavy atom. The van der Waals surface area contributed by atoms with Crippen molar-refractivity contribution < 1.29 is 0 Å². The number of aromatic nitrogens is 3. The highest BCUT2D eigenvalue weighted by Crippen LogP contribution is 2.16. The van der Waals surface area contributed by atoms with Crippen molar-refractivity contribution in [3.8, 4) is 0 Å². The molecule has 3 N–H and O–H groups in total. The Morgan fingerprint density at radius 1 is 1.00 bits per heavy atom. The summed E-state index contributed by atoms with van der Waals surface area (Å²) in [6.07, 6.45) is 4.96. The van der Waals surface area contributed by atoms with Crippen molar-refractivity contribution in [1.82, 2.24) is 15.0 Å². The lowest BCUT2D eigenvalue weighted by atomic mass is 10.1. The van der Waals surface area contributed by atoms with E-state index in [1.54, 1.807) is 18.6 Å². The molecule has 0 aliphatic carbocycles. The van der Waals surface area contributed by atoms with Crippen molar-refractivity contribution >= 4 is 22.5 Å². The number of fused-ring (bicyclic) bond motifs is 1. The summed E-state index contributed by atoms with van der Waals surface area (Å²) in [5, 5.41) is 4.29. The Labute approximate surface area is 110 Å². The molecule has 0 saturated carbocycles. The van der Waals surface area contributed by atoms with E-state index in [0.717, 1.165) is 16.5 Å². The van der Waals surface area contributed by atoms with Crippen LogP contribution in [0.5, 0.6) is 0 Å². The van der Waals surface area contributed by atoms with Gasteiger partial charge in [0.25, 0.3) is 0 Å². The molecule has 0 aliphatic rings. The van der Waals surface area contributed by atoms with E-state index in [1.807, 2.05) is 30.3 Å². The molecule has 94 valence electrons. The fourth-order valence-electron chi connectivity index (χ4n) is 1.91. The maximum atomic E-state index is 5.55. The lowest BCUT2D eigenvalue weighted by molar-refractivity contribution is 1.06. The highest BCUT2D eigenvalue weighted by molar-refractivity contribution is 5.81. The Hall–Kier alpha value is -2.69. The number of para-hydroxylation sites is 1. The van der Waals surface area contributed by atoms with Gasteiger partial charge in [-0.25, -0.2) is 9.97 Å². The van der Waals surface area contributed by atoms with Crippen molar-refractivity contribution in [1.29, 1.82) is 0 Å². The van der Waals surface area contributed by atoms with Gasteiger partial charge in [-0.2, -0.15) is 0 Å². The van der Waals surface area contributed by atoms with Crippen LogP contribution in [0.15, 0.2) is 48.9 Å². The Morgan fingerprint density at radius 2 is 1.79 bits per heavy atom. The molecule has 2 aromatic heterocycles. The van der Waals surface area contributed by atoms with Crippen molar-refractivity contribution in [2.24, 2.45) is 0 Å². The number of nitrogens with zero attached hydrogens (tertiary/aromatic N) is 3. The summed E-state index contributed by atoms with van der Waals surface area (Å²) in [6, 6.07) is 10.1.